The highest BCUT2D eigenvalue weighted by molar-refractivity contribution is 6.27. The molecule has 0 aliphatic heterocycles. The van der Waals surface area contributed by atoms with Crippen LogP contribution in [-0.2, 0) is 0 Å². The number of rotatable bonds is 4. The van der Waals surface area contributed by atoms with Gasteiger partial charge in [-0.05, 0) is 23.7 Å². The lowest BCUT2D eigenvalue weighted by molar-refractivity contribution is 0.324. The maximum Gasteiger partial charge on any atom is 0.313 e. The van der Waals surface area contributed by atoms with E-state index < -0.39 is 0 Å². The van der Waals surface area contributed by atoms with Gasteiger partial charge < -0.3 is 18.6 Å². The zero-order chi connectivity index (χ0) is 13.1. The van der Waals surface area contributed by atoms with Gasteiger partial charge in [0.25, 0.3) is 5.89 Å². The van der Waals surface area contributed by atoms with Crippen LogP contribution in [0.2, 0.25) is 5.35 Å². The average molecular weight is 271 g/mol. The lowest BCUT2D eigenvalue weighted by Gasteiger charge is -2.13. The van der Waals surface area contributed by atoms with Crippen LogP contribution in [-0.4, -0.2) is 31.5 Å². The Morgan fingerprint density at radius 3 is 2.22 bits per heavy atom. The number of hydrogen-bond donors (Lipinski definition) is 0. The molecule has 0 N–H and O–H groups in total. The number of hydrogen-bond acceptors (Lipinski definition) is 6. The van der Waals surface area contributed by atoms with Crippen LogP contribution >= 0.6 is 11.6 Å². The molecule has 0 saturated heterocycles. The van der Waals surface area contributed by atoms with Gasteiger partial charge in [0.05, 0.1) is 26.9 Å². The van der Waals surface area contributed by atoms with Crippen molar-refractivity contribution >= 4 is 11.6 Å². The molecule has 2 rings (SSSR count). The fraction of sp³-hybridized carbons (Fsp3) is 0.273. The van der Waals surface area contributed by atoms with E-state index in [4.69, 9.17) is 30.2 Å². The zero-order valence-electron chi connectivity index (χ0n) is 10.1. The Kier molecular flexibility index (Phi) is 3.57. The molecule has 1 aromatic carbocycles. The van der Waals surface area contributed by atoms with E-state index in [1.54, 1.807) is 19.2 Å². The van der Waals surface area contributed by atoms with Crippen molar-refractivity contribution in [2.75, 3.05) is 21.3 Å². The first-order valence-corrected chi connectivity index (χ1v) is 5.37. The minimum absolute atomic E-state index is 0.0400. The van der Waals surface area contributed by atoms with Crippen LogP contribution in [0.3, 0.4) is 0 Å². The van der Waals surface area contributed by atoms with Crippen LogP contribution in [0.15, 0.2) is 16.5 Å². The number of aromatic nitrogens is 2. The van der Waals surface area contributed by atoms with E-state index in [9.17, 15) is 0 Å². The van der Waals surface area contributed by atoms with E-state index >= 15 is 0 Å². The summed E-state index contributed by atoms with van der Waals surface area (Å²) in [5.41, 5.74) is 0.578. The highest BCUT2D eigenvalue weighted by Gasteiger charge is 2.20. The largest absolute Gasteiger partial charge is 0.493 e. The first-order chi connectivity index (χ1) is 8.71. The molecule has 96 valence electrons. The topological polar surface area (TPSA) is 66.6 Å². The standard InChI is InChI=1S/C11H11ClN2O4/c1-15-7-5-4-6(8(16-2)9(7)17-3)10-13-14-11(12)18-10/h4-5H,1-3H3. The smallest absolute Gasteiger partial charge is 0.313 e. The van der Waals surface area contributed by atoms with Crippen molar-refractivity contribution in [2.24, 2.45) is 0 Å². The summed E-state index contributed by atoms with van der Waals surface area (Å²) in [5.74, 6) is 1.69. The predicted octanol–water partition coefficient (Wildman–Crippen LogP) is 2.42. The Hall–Kier alpha value is -1.95. The molecule has 1 heterocycles. The molecule has 0 fully saturated rings. The summed E-state index contributed by atoms with van der Waals surface area (Å²) in [6.45, 7) is 0. The Labute approximate surface area is 108 Å². The van der Waals surface area contributed by atoms with Gasteiger partial charge in [-0.3, -0.25) is 0 Å². The Morgan fingerprint density at radius 2 is 1.72 bits per heavy atom. The van der Waals surface area contributed by atoms with E-state index in [1.165, 1.54) is 14.2 Å². The molecule has 2 aromatic rings. The summed E-state index contributed by atoms with van der Waals surface area (Å²) in [7, 11) is 4.57. The van der Waals surface area contributed by atoms with Crippen LogP contribution in [0.25, 0.3) is 11.5 Å². The van der Waals surface area contributed by atoms with Crippen LogP contribution in [0, 0.1) is 0 Å². The second-order valence-electron chi connectivity index (χ2n) is 3.24. The molecule has 0 amide bonds. The minimum Gasteiger partial charge on any atom is -0.493 e. The third-order valence-corrected chi connectivity index (χ3v) is 2.49. The maximum absolute atomic E-state index is 5.60. The van der Waals surface area contributed by atoms with Gasteiger partial charge in [-0.1, -0.05) is 5.10 Å². The summed E-state index contributed by atoms with van der Waals surface area (Å²) in [6.07, 6.45) is 0. The SMILES string of the molecule is COc1ccc(-c2nnc(Cl)o2)c(OC)c1OC. The number of ether oxygens (including phenoxy) is 3. The monoisotopic (exact) mass is 270 g/mol. The summed E-state index contributed by atoms with van der Waals surface area (Å²) in [4.78, 5) is 0. The first kappa shape index (κ1) is 12.5. The van der Waals surface area contributed by atoms with Gasteiger partial charge in [-0.2, -0.15) is 0 Å². The molecule has 0 aliphatic carbocycles. The summed E-state index contributed by atoms with van der Waals surface area (Å²) >= 11 is 5.60. The molecule has 6 nitrogen and oxygen atoms in total. The van der Waals surface area contributed by atoms with Gasteiger partial charge in [0.2, 0.25) is 5.75 Å². The third kappa shape index (κ3) is 2.06. The number of nitrogens with zero attached hydrogens (tertiary/aromatic N) is 2. The predicted molar refractivity (Wildman–Crippen MR) is 64.4 cm³/mol. The van der Waals surface area contributed by atoms with E-state index in [2.05, 4.69) is 10.2 Å². The number of benzene rings is 1. The molecular weight excluding hydrogens is 260 g/mol. The lowest BCUT2D eigenvalue weighted by Crippen LogP contribution is -1.97. The second kappa shape index (κ2) is 5.14. The number of methoxy groups -OCH3 is 3. The molecule has 0 saturated carbocycles. The summed E-state index contributed by atoms with van der Waals surface area (Å²) in [5, 5.41) is 7.35. The molecule has 0 unspecified atom stereocenters. The van der Waals surface area contributed by atoms with Gasteiger partial charge in [0.15, 0.2) is 11.5 Å². The number of halogens is 1. The summed E-state index contributed by atoms with van der Waals surface area (Å²) in [6, 6.07) is 3.44. The van der Waals surface area contributed by atoms with Gasteiger partial charge in [-0.15, -0.1) is 5.10 Å². The highest BCUT2D eigenvalue weighted by atomic mass is 35.5. The first-order valence-electron chi connectivity index (χ1n) is 4.99. The molecule has 18 heavy (non-hydrogen) atoms. The maximum atomic E-state index is 5.60. The van der Waals surface area contributed by atoms with Gasteiger partial charge in [-0.25, -0.2) is 0 Å². The Morgan fingerprint density at radius 1 is 1.00 bits per heavy atom. The van der Waals surface area contributed by atoms with E-state index in [0.29, 0.717) is 22.8 Å². The van der Waals surface area contributed by atoms with Crippen molar-refractivity contribution in [1.29, 1.82) is 0 Å². The fourth-order valence-corrected chi connectivity index (χ4v) is 1.69. The van der Waals surface area contributed by atoms with Gasteiger partial charge >= 0.3 is 5.35 Å². The van der Waals surface area contributed by atoms with Crippen LogP contribution < -0.4 is 14.2 Å². The summed E-state index contributed by atoms with van der Waals surface area (Å²) < 4.78 is 20.9. The van der Waals surface area contributed by atoms with E-state index in [1.807, 2.05) is 0 Å². The molecule has 0 bridgehead atoms. The van der Waals surface area contributed by atoms with Crippen molar-refractivity contribution in [3.63, 3.8) is 0 Å². The van der Waals surface area contributed by atoms with E-state index in [0.717, 1.165) is 0 Å². The lowest BCUT2D eigenvalue weighted by atomic mass is 10.1. The van der Waals surface area contributed by atoms with Crippen LogP contribution in [0.1, 0.15) is 0 Å². The van der Waals surface area contributed by atoms with Crippen LogP contribution in [0.5, 0.6) is 17.2 Å². The Bertz CT molecular complexity index is 556. The molecule has 7 heteroatoms. The second-order valence-corrected chi connectivity index (χ2v) is 3.57. The Balaban J connectivity index is 2.61. The van der Waals surface area contributed by atoms with Crippen molar-refractivity contribution in [3.8, 4) is 28.7 Å². The quantitative estimate of drug-likeness (QED) is 0.850. The average Bonchev–Trinajstić information content (AvgIpc) is 2.83. The molecule has 0 aliphatic rings. The van der Waals surface area contributed by atoms with Gasteiger partial charge in [0, 0.05) is 0 Å². The minimum atomic E-state index is -0.0400. The fourth-order valence-electron chi connectivity index (χ4n) is 1.58. The zero-order valence-corrected chi connectivity index (χ0v) is 10.8. The van der Waals surface area contributed by atoms with Crippen LogP contribution in [0.4, 0.5) is 0 Å². The molecule has 0 atom stereocenters. The van der Waals surface area contributed by atoms with Crippen molar-refractivity contribution in [3.05, 3.63) is 17.5 Å². The molecular formula is C11H11ClN2O4. The molecule has 1 aromatic heterocycles. The molecule has 0 radical (unpaired) electrons. The normalized spacial score (nSPS) is 10.2. The van der Waals surface area contributed by atoms with Crippen molar-refractivity contribution < 1.29 is 18.6 Å². The van der Waals surface area contributed by atoms with E-state index in [-0.39, 0.29) is 11.2 Å². The highest BCUT2D eigenvalue weighted by Crippen LogP contribution is 2.43. The third-order valence-electron chi connectivity index (χ3n) is 2.33. The van der Waals surface area contributed by atoms with Crippen molar-refractivity contribution in [1.82, 2.24) is 10.2 Å². The molecule has 0 spiro atoms. The van der Waals surface area contributed by atoms with Crippen molar-refractivity contribution in [2.45, 2.75) is 0 Å². The van der Waals surface area contributed by atoms with Gasteiger partial charge in [0.1, 0.15) is 0 Å².